The van der Waals surface area contributed by atoms with Gasteiger partial charge in [0.05, 0.1) is 18.0 Å². The van der Waals surface area contributed by atoms with Gasteiger partial charge in [-0.2, -0.15) is 9.61 Å². The van der Waals surface area contributed by atoms with Crippen LogP contribution in [0.25, 0.3) is 5.65 Å². The van der Waals surface area contributed by atoms with Gasteiger partial charge in [0.25, 0.3) is 0 Å². The van der Waals surface area contributed by atoms with Crippen LogP contribution in [0.15, 0.2) is 30.6 Å². The molecule has 25 heavy (non-hydrogen) atoms. The SMILES string of the molecule is CCOc1ccc(C(C)Nc2cc(C(C)C)nn3cnnc23)cc1F. The Labute approximate surface area is 146 Å². The van der Waals surface area contributed by atoms with Crippen molar-refractivity contribution in [3.63, 3.8) is 0 Å². The maximum atomic E-state index is 14.1. The van der Waals surface area contributed by atoms with Crippen molar-refractivity contribution in [3.05, 3.63) is 47.7 Å². The van der Waals surface area contributed by atoms with Crippen molar-refractivity contribution < 1.29 is 9.13 Å². The summed E-state index contributed by atoms with van der Waals surface area (Å²) in [5.41, 5.74) is 3.21. The summed E-state index contributed by atoms with van der Waals surface area (Å²) in [4.78, 5) is 0. The van der Waals surface area contributed by atoms with Gasteiger partial charge >= 0.3 is 0 Å². The van der Waals surface area contributed by atoms with Crippen LogP contribution in [0.4, 0.5) is 10.1 Å². The van der Waals surface area contributed by atoms with E-state index in [1.165, 1.54) is 6.07 Å². The van der Waals surface area contributed by atoms with E-state index < -0.39 is 0 Å². The van der Waals surface area contributed by atoms with Gasteiger partial charge in [-0.05, 0) is 43.5 Å². The van der Waals surface area contributed by atoms with Crippen LogP contribution >= 0.6 is 0 Å². The molecule has 132 valence electrons. The second kappa shape index (κ2) is 7.04. The Morgan fingerprint density at radius 2 is 2.04 bits per heavy atom. The summed E-state index contributed by atoms with van der Waals surface area (Å²) in [6, 6.07) is 6.86. The zero-order valence-electron chi connectivity index (χ0n) is 14.8. The first-order chi connectivity index (χ1) is 12.0. The van der Waals surface area contributed by atoms with Crippen LogP contribution in [-0.2, 0) is 0 Å². The summed E-state index contributed by atoms with van der Waals surface area (Å²) in [5, 5.41) is 15.9. The molecule has 2 aromatic heterocycles. The van der Waals surface area contributed by atoms with Gasteiger partial charge in [0.1, 0.15) is 6.33 Å². The van der Waals surface area contributed by atoms with Crippen LogP contribution < -0.4 is 10.1 Å². The Morgan fingerprint density at radius 1 is 1.24 bits per heavy atom. The molecule has 3 aromatic rings. The first kappa shape index (κ1) is 17.1. The smallest absolute Gasteiger partial charge is 0.200 e. The average Bonchev–Trinajstić information content (AvgIpc) is 3.05. The average molecular weight is 343 g/mol. The highest BCUT2D eigenvalue weighted by molar-refractivity contribution is 5.67. The van der Waals surface area contributed by atoms with Crippen LogP contribution in [0.5, 0.6) is 5.75 Å². The van der Waals surface area contributed by atoms with E-state index in [4.69, 9.17) is 4.74 Å². The molecule has 0 aliphatic rings. The second-order valence-electron chi connectivity index (χ2n) is 6.23. The first-order valence-corrected chi connectivity index (χ1v) is 8.39. The van der Waals surface area contributed by atoms with E-state index in [1.807, 2.05) is 26.0 Å². The van der Waals surface area contributed by atoms with Crippen molar-refractivity contribution in [1.82, 2.24) is 19.8 Å². The van der Waals surface area contributed by atoms with E-state index in [0.717, 1.165) is 16.9 Å². The number of halogens is 1. The van der Waals surface area contributed by atoms with Crippen LogP contribution in [-0.4, -0.2) is 26.4 Å². The molecule has 0 bridgehead atoms. The highest BCUT2D eigenvalue weighted by atomic mass is 19.1. The van der Waals surface area contributed by atoms with Crippen molar-refractivity contribution in [3.8, 4) is 5.75 Å². The molecule has 0 aliphatic heterocycles. The molecule has 0 saturated carbocycles. The second-order valence-corrected chi connectivity index (χ2v) is 6.23. The lowest BCUT2D eigenvalue weighted by Crippen LogP contribution is -2.11. The predicted octanol–water partition coefficient (Wildman–Crippen LogP) is 3.96. The lowest BCUT2D eigenvalue weighted by atomic mass is 10.1. The molecular formula is C18H22FN5O. The van der Waals surface area contributed by atoms with E-state index >= 15 is 0 Å². The summed E-state index contributed by atoms with van der Waals surface area (Å²) >= 11 is 0. The highest BCUT2D eigenvalue weighted by Gasteiger charge is 2.15. The third-order valence-electron chi connectivity index (χ3n) is 4.01. The van der Waals surface area contributed by atoms with Gasteiger partial charge in [-0.25, -0.2) is 4.39 Å². The van der Waals surface area contributed by atoms with Crippen LogP contribution in [0.2, 0.25) is 0 Å². The van der Waals surface area contributed by atoms with Gasteiger partial charge in [0.15, 0.2) is 11.6 Å². The summed E-state index contributed by atoms with van der Waals surface area (Å²) in [6.45, 7) is 8.39. The number of fused-ring (bicyclic) bond motifs is 1. The largest absolute Gasteiger partial charge is 0.491 e. The quantitative estimate of drug-likeness (QED) is 0.734. The van der Waals surface area contributed by atoms with E-state index in [-0.39, 0.29) is 23.5 Å². The summed E-state index contributed by atoms with van der Waals surface area (Å²) < 4.78 is 21.0. The molecule has 0 radical (unpaired) electrons. The van der Waals surface area contributed by atoms with Crippen LogP contribution in [0.3, 0.4) is 0 Å². The molecule has 0 saturated heterocycles. The number of nitrogens with one attached hydrogen (secondary N) is 1. The fraction of sp³-hybridized carbons (Fsp3) is 0.389. The molecule has 7 heteroatoms. The fourth-order valence-electron chi connectivity index (χ4n) is 2.61. The molecule has 6 nitrogen and oxygen atoms in total. The zero-order chi connectivity index (χ0) is 18.0. The van der Waals surface area contributed by atoms with E-state index in [9.17, 15) is 4.39 Å². The summed E-state index contributed by atoms with van der Waals surface area (Å²) in [5.74, 6) is 0.174. The van der Waals surface area contributed by atoms with Crippen LogP contribution in [0.1, 0.15) is 50.9 Å². The Balaban J connectivity index is 1.90. The topological polar surface area (TPSA) is 64.3 Å². The number of hydrogen-bond donors (Lipinski definition) is 1. The molecule has 1 N–H and O–H groups in total. The molecule has 0 spiro atoms. The highest BCUT2D eigenvalue weighted by Crippen LogP contribution is 2.27. The van der Waals surface area contributed by atoms with E-state index in [2.05, 4.69) is 34.5 Å². The Morgan fingerprint density at radius 3 is 2.72 bits per heavy atom. The Hall–Kier alpha value is -2.70. The third-order valence-corrected chi connectivity index (χ3v) is 4.01. The van der Waals surface area contributed by atoms with Crippen molar-refractivity contribution in [2.45, 2.75) is 39.7 Å². The maximum absolute atomic E-state index is 14.1. The molecule has 1 aromatic carbocycles. The van der Waals surface area contributed by atoms with Gasteiger partial charge in [-0.3, -0.25) is 0 Å². The van der Waals surface area contributed by atoms with Gasteiger partial charge < -0.3 is 10.1 Å². The maximum Gasteiger partial charge on any atom is 0.200 e. The number of benzene rings is 1. The van der Waals surface area contributed by atoms with Crippen molar-refractivity contribution in [2.75, 3.05) is 11.9 Å². The molecule has 2 heterocycles. The lowest BCUT2D eigenvalue weighted by Gasteiger charge is -2.18. The minimum absolute atomic E-state index is 0.118. The number of rotatable bonds is 6. The number of nitrogens with zero attached hydrogens (tertiary/aromatic N) is 4. The number of hydrogen-bond acceptors (Lipinski definition) is 5. The molecule has 0 aliphatic carbocycles. The van der Waals surface area contributed by atoms with Gasteiger partial charge in [-0.15, -0.1) is 10.2 Å². The zero-order valence-corrected chi connectivity index (χ0v) is 14.8. The molecular weight excluding hydrogens is 321 g/mol. The van der Waals surface area contributed by atoms with Crippen molar-refractivity contribution >= 4 is 11.3 Å². The molecule has 1 unspecified atom stereocenters. The number of aromatic nitrogens is 4. The van der Waals surface area contributed by atoms with E-state index in [0.29, 0.717) is 12.3 Å². The fourth-order valence-corrected chi connectivity index (χ4v) is 2.61. The summed E-state index contributed by atoms with van der Waals surface area (Å²) in [7, 11) is 0. The number of ether oxygens (including phenoxy) is 1. The Bertz CT molecular complexity index is 877. The van der Waals surface area contributed by atoms with Gasteiger partial charge in [-0.1, -0.05) is 19.9 Å². The van der Waals surface area contributed by atoms with Gasteiger partial charge in [0, 0.05) is 6.04 Å². The third kappa shape index (κ3) is 3.55. The molecule has 1 atom stereocenters. The minimum Gasteiger partial charge on any atom is -0.491 e. The first-order valence-electron chi connectivity index (χ1n) is 8.39. The monoisotopic (exact) mass is 343 g/mol. The molecule has 0 fully saturated rings. The predicted molar refractivity (Wildman–Crippen MR) is 94.5 cm³/mol. The number of anilines is 1. The minimum atomic E-state index is -0.363. The standard InChI is InChI=1S/C18H22FN5O/c1-5-25-17-7-6-13(8-14(17)19)12(4)21-16-9-15(11(2)3)23-24-10-20-22-18(16)24/h6-12,21H,5H2,1-4H3. The summed E-state index contributed by atoms with van der Waals surface area (Å²) in [6.07, 6.45) is 1.58. The van der Waals surface area contributed by atoms with E-state index in [1.54, 1.807) is 16.9 Å². The van der Waals surface area contributed by atoms with Gasteiger partial charge in [0.2, 0.25) is 5.65 Å². The molecule has 3 rings (SSSR count). The Kier molecular flexibility index (Phi) is 4.83. The van der Waals surface area contributed by atoms with Crippen LogP contribution in [0, 0.1) is 5.82 Å². The lowest BCUT2D eigenvalue weighted by molar-refractivity contribution is 0.321. The van der Waals surface area contributed by atoms with Crippen molar-refractivity contribution in [1.29, 1.82) is 0 Å². The van der Waals surface area contributed by atoms with Crippen molar-refractivity contribution in [2.24, 2.45) is 0 Å². The normalized spacial score (nSPS) is 12.6. The molecule has 0 amide bonds.